The van der Waals surface area contributed by atoms with Gasteiger partial charge in [0.05, 0.1) is 10.2 Å². The maximum absolute atomic E-state index is 12.9. The van der Waals surface area contributed by atoms with Gasteiger partial charge in [-0.05, 0) is 36.2 Å². The molecular formula is C19H16N4OS. The Hall–Kier alpha value is -2.99. The highest BCUT2D eigenvalue weighted by Crippen LogP contribution is 2.28. The monoisotopic (exact) mass is 348 g/mol. The molecule has 4 rings (SSSR count). The Morgan fingerprint density at radius 2 is 2.00 bits per heavy atom. The van der Waals surface area contributed by atoms with E-state index in [0.717, 1.165) is 15.8 Å². The van der Waals surface area contributed by atoms with Crippen molar-refractivity contribution in [3.63, 3.8) is 0 Å². The van der Waals surface area contributed by atoms with Gasteiger partial charge in [-0.2, -0.15) is 5.10 Å². The Morgan fingerprint density at radius 3 is 2.76 bits per heavy atom. The summed E-state index contributed by atoms with van der Waals surface area (Å²) in [6.45, 7) is 2.04. The SMILES string of the molecule is Cc1ccc2nc(NC(=O)[C@H](c3ccccc3)n3cccn3)sc2c1. The van der Waals surface area contributed by atoms with Crippen molar-refractivity contribution in [3.05, 3.63) is 78.1 Å². The minimum absolute atomic E-state index is 0.161. The van der Waals surface area contributed by atoms with Gasteiger partial charge in [0, 0.05) is 12.4 Å². The lowest BCUT2D eigenvalue weighted by atomic mass is 10.1. The lowest BCUT2D eigenvalue weighted by Crippen LogP contribution is -2.27. The molecular weight excluding hydrogens is 332 g/mol. The summed E-state index contributed by atoms with van der Waals surface area (Å²) in [4.78, 5) is 17.5. The summed E-state index contributed by atoms with van der Waals surface area (Å²) in [7, 11) is 0. The minimum atomic E-state index is -0.537. The first-order valence-electron chi connectivity index (χ1n) is 7.93. The Morgan fingerprint density at radius 1 is 1.16 bits per heavy atom. The number of carbonyl (C=O) groups excluding carboxylic acids is 1. The quantitative estimate of drug-likeness (QED) is 0.606. The third-order valence-corrected chi connectivity index (χ3v) is 4.86. The average Bonchev–Trinajstić information content (AvgIpc) is 3.25. The Bertz CT molecular complexity index is 1010. The predicted molar refractivity (Wildman–Crippen MR) is 99.8 cm³/mol. The van der Waals surface area contributed by atoms with Gasteiger partial charge in [-0.1, -0.05) is 47.7 Å². The molecule has 0 radical (unpaired) electrons. The van der Waals surface area contributed by atoms with Crippen LogP contribution in [0.5, 0.6) is 0 Å². The smallest absolute Gasteiger partial charge is 0.255 e. The van der Waals surface area contributed by atoms with E-state index in [4.69, 9.17) is 0 Å². The maximum atomic E-state index is 12.9. The molecule has 25 heavy (non-hydrogen) atoms. The number of carbonyl (C=O) groups is 1. The predicted octanol–water partition coefficient (Wildman–Crippen LogP) is 4.03. The number of amides is 1. The number of anilines is 1. The van der Waals surface area contributed by atoms with Gasteiger partial charge in [-0.25, -0.2) is 4.98 Å². The Labute approximate surface area is 149 Å². The highest BCUT2D eigenvalue weighted by Gasteiger charge is 2.23. The summed E-state index contributed by atoms with van der Waals surface area (Å²) in [6.07, 6.45) is 3.46. The molecule has 0 aliphatic heterocycles. The van der Waals surface area contributed by atoms with Crippen LogP contribution in [0.1, 0.15) is 17.2 Å². The molecule has 0 aliphatic rings. The molecule has 2 aromatic heterocycles. The average molecular weight is 348 g/mol. The van der Waals surface area contributed by atoms with Crippen LogP contribution in [-0.2, 0) is 4.79 Å². The number of thiazole rings is 1. The van der Waals surface area contributed by atoms with E-state index < -0.39 is 6.04 Å². The zero-order valence-electron chi connectivity index (χ0n) is 13.6. The summed E-state index contributed by atoms with van der Waals surface area (Å²) in [6, 6.07) is 16.9. The third-order valence-electron chi connectivity index (χ3n) is 3.93. The molecule has 6 heteroatoms. The summed E-state index contributed by atoms with van der Waals surface area (Å²) in [5.41, 5.74) is 2.94. The van der Waals surface area contributed by atoms with Crippen molar-refractivity contribution in [2.75, 3.05) is 5.32 Å². The van der Waals surface area contributed by atoms with Gasteiger partial charge >= 0.3 is 0 Å². The number of aryl methyl sites for hydroxylation is 1. The van der Waals surface area contributed by atoms with Crippen LogP contribution in [-0.4, -0.2) is 20.7 Å². The Balaban J connectivity index is 1.66. The summed E-state index contributed by atoms with van der Waals surface area (Å²) >= 11 is 1.48. The fraction of sp³-hybridized carbons (Fsp3) is 0.105. The largest absolute Gasteiger partial charge is 0.300 e. The van der Waals surface area contributed by atoms with E-state index in [1.54, 1.807) is 17.1 Å². The van der Waals surface area contributed by atoms with E-state index in [1.807, 2.05) is 55.5 Å². The molecule has 0 aliphatic carbocycles. The van der Waals surface area contributed by atoms with E-state index in [2.05, 4.69) is 21.5 Å². The van der Waals surface area contributed by atoms with Gasteiger partial charge in [-0.15, -0.1) is 0 Å². The standard InChI is InChI=1S/C19H16N4OS/c1-13-8-9-15-16(12-13)25-19(21-15)22-18(24)17(23-11-5-10-20-23)14-6-3-2-4-7-14/h2-12,17H,1H3,(H,21,22,24)/t17-/m0/s1. The number of nitrogens with zero attached hydrogens (tertiary/aromatic N) is 3. The van der Waals surface area contributed by atoms with Gasteiger partial charge in [0.1, 0.15) is 0 Å². The van der Waals surface area contributed by atoms with Crippen LogP contribution in [0.15, 0.2) is 67.0 Å². The normalized spacial score (nSPS) is 12.2. The van der Waals surface area contributed by atoms with Gasteiger partial charge in [0.15, 0.2) is 11.2 Å². The lowest BCUT2D eigenvalue weighted by molar-refractivity contribution is -0.118. The molecule has 124 valence electrons. The van der Waals surface area contributed by atoms with Crippen molar-refractivity contribution in [1.29, 1.82) is 0 Å². The number of nitrogens with one attached hydrogen (secondary N) is 1. The molecule has 0 unspecified atom stereocenters. The van der Waals surface area contributed by atoms with Crippen molar-refractivity contribution in [2.24, 2.45) is 0 Å². The van der Waals surface area contributed by atoms with Gasteiger partial charge in [0.25, 0.3) is 5.91 Å². The maximum Gasteiger partial charge on any atom is 0.255 e. The van der Waals surface area contributed by atoms with Gasteiger partial charge < -0.3 is 0 Å². The van der Waals surface area contributed by atoms with E-state index in [0.29, 0.717) is 5.13 Å². The van der Waals surface area contributed by atoms with Crippen LogP contribution in [0.4, 0.5) is 5.13 Å². The molecule has 1 atom stereocenters. The van der Waals surface area contributed by atoms with Gasteiger partial charge in [-0.3, -0.25) is 14.8 Å². The second-order valence-electron chi connectivity index (χ2n) is 5.78. The van der Waals surface area contributed by atoms with E-state index >= 15 is 0 Å². The van der Waals surface area contributed by atoms with E-state index in [-0.39, 0.29) is 5.91 Å². The zero-order chi connectivity index (χ0) is 17.2. The van der Waals surface area contributed by atoms with Crippen LogP contribution in [0, 0.1) is 6.92 Å². The zero-order valence-corrected chi connectivity index (χ0v) is 14.4. The van der Waals surface area contributed by atoms with Crippen molar-refractivity contribution in [1.82, 2.24) is 14.8 Å². The molecule has 0 bridgehead atoms. The molecule has 5 nitrogen and oxygen atoms in total. The topological polar surface area (TPSA) is 59.8 Å². The lowest BCUT2D eigenvalue weighted by Gasteiger charge is -2.16. The van der Waals surface area contributed by atoms with Crippen molar-refractivity contribution < 1.29 is 4.79 Å². The van der Waals surface area contributed by atoms with Crippen LogP contribution < -0.4 is 5.32 Å². The summed E-state index contributed by atoms with van der Waals surface area (Å²) in [5.74, 6) is -0.161. The number of hydrogen-bond donors (Lipinski definition) is 1. The van der Waals surface area contributed by atoms with E-state index in [9.17, 15) is 4.79 Å². The first-order chi connectivity index (χ1) is 12.2. The molecule has 0 saturated heterocycles. The molecule has 2 heterocycles. The number of fused-ring (bicyclic) bond motifs is 1. The summed E-state index contributed by atoms with van der Waals surface area (Å²) in [5, 5.41) is 7.79. The van der Waals surface area contributed by atoms with Crippen LogP contribution in [0.2, 0.25) is 0 Å². The van der Waals surface area contributed by atoms with Crippen LogP contribution in [0.3, 0.4) is 0 Å². The molecule has 1 N–H and O–H groups in total. The van der Waals surface area contributed by atoms with Gasteiger partial charge in [0.2, 0.25) is 0 Å². The molecule has 0 spiro atoms. The second kappa shape index (κ2) is 6.49. The van der Waals surface area contributed by atoms with Crippen LogP contribution >= 0.6 is 11.3 Å². The van der Waals surface area contributed by atoms with Crippen molar-refractivity contribution >= 4 is 32.6 Å². The fourth-order valence-electron chi connectivity index (χ4n) is 2.75. The summed E-state index contributed by atoms with van der Waals surface area (Å²) < 4.78 is 2.72. The van der Waals surface area contributed by atoms with E-state index in [1.165, 1.54) is 16.9 Å². The second-order valence-corrected chi connectivity index (χ2v) is 6.81. The van der Waals surface area contributed by atoms with Crippen molar-refractivity contribution in [2.45, 2.75) is 13.0 Å². The first kappa shape index (κ1) is 15.5. The number of aromatic nitrogens is 3. The molecule has 0 fully saturated rings. The number of hydrogen-bond acceptors (Lipinski definition) is 4. The van der Waals surface area contributed by atoms with Crippen molar-refractivity contribution in [3.8, 4) is 0 Å². The third kappa shape index (κ3) is 3.16. The Kier molecular flexibility index (Phi) is 4.03. The molecule has 1 amide bonds. The molecule has 0 saturated carbocycles. The molecule has 4 aromatic rings. The highest BCUT2D eigenvalue weighted by atomic mass is 32.1. The molecule has 2 aromatic carbocycles. The first-order valence-corrected chi connectivity index (χ1v) is 8.74. The number of rotatable bonds is 4. The van der Waals surface area contributed by atoms with Crippen LogP contribution in [0.25, 0.3) is 10.2 Å². The highest BCUT2D eigenvalue weighted by molar-refractivity contribution is 7.22. The fourth-order valence-corrected chi connectivity index (χ4v) is 3.72. The number of benzene rings is 2. The minimum Gasteiger partial charge on any atom is -0.300 e.